The minimum Gasteiger partial charge on any atom is -0.397 e. The zero-order chi connectivity index (χ0) is 10.7. The van der Waals surface area contributed by atoms with Gasteiger partial charge in [-0.25, -0.2) is 0 Å². The number of hydrogen-bond acceptors (Lipinski definition) is 3. The molecule has 5 heteroatoms. The molecule has 0 radical (unpaired) electrons. The van der Waals surface area contributed by atoms with Gasteiger partial charge in [0, 0.05) is 26.7 Å². The van der Waals surface area contributed by atoms with E-state index >= 15 is 0 Å². The molecule has 4 nitrogen and oxygen atoms in total. The number of nitrogens with zero attached hydrogens (tertiary/aromatic N) is 1. The number of anilines is 2. The van der Waals surface area contributed by atoms with Crippen LogP contribution in [0.5, 0.6) is 0 Å². The average Bonchev–Trinajstić information content (AvgIpc) is 2.15. The molecular weight excluding hydrogens is 214 g/mol. The van der Waals surface area contributed by atoms with Crippen LogP contribution in [0.25, 0.3) is 0 Å². The van der Waals surface area contributed by atoms with Gasteiger partial charge in [0.15, 0.2) is 0 Å². The van der Waals surface area contributed by atoms with Crippen LogP contribution in [-0.2, 0) is 0 Å². The second kappa shape index (κ2) is 5.46. The van der Waals surface area contributed by atoms with E-state index in [1.54, 1.807) is 19.2 Å². The van der Waals surface area contributed by atoms with Crippen LogP contribution < -0.4 is 16.0 Å². The Kier molecular flexibility index (Phi) is 4.94. The number of nitrogens with two attached hydrogens (primary N) is 1. The van der Waals surface area contributed by atoms with Crippen molar-refractivity contribution in [3.05, 3.63) is 23.8 Å². The monoisotopic (exact) mass is 229 g/mol. The molecular formula is C10H16ClN3O. The van der Waals surface area contributed by atoms with E-state index in [1.807, 2.05) is 25.1 Å². The summed E-state index contributed by atoms with van der Waals surface area (Å²) in [5, 5.41) is 2.55. The van der Waals surface area contributed by atoms with Crippen LogP contribution in [0.2, 0.25) is 0 Å². The van der Waals surface area contributed by atoms with Crippen LogP contribution in [-0.4, -0.2) is 27.1 Å². The van der Waals surface area contributed by atoms with Gasteiger partial charge in [-0.2, -0.15) is 0 Å². The van der Waals surface area contributed by atoms with E-state index in [9.17, 15) is 4.79 Å². The third-order valence-corrected chi connectivity index (χ3v) is 2.00. The number of halogens is 1. The zero-order valence-corrected chi connectivity index (χ0v) is 9.89. The van der Waals surface area contributed by atoms with Crippen molar-refractivity contribution in [2.45, 2.75) is 0 Å². The number of amides is 1. The van der Waals surface area contributed by atoms with Crippen molar-refractivity contribution in [2.75, 3.05) is 31.8 Å². The molecule has 0 spiro atoms. The van der Waals surface area contributed by atoms with E-state index in [0.29, 0.717) is 11.3 Å². The molecule has 0 bridgehead atoms. The number of carbonyl (C=O) groups is 1. The summed E-state index contributed by atoms with van der Waals surface area (Å²) in [6.07, 6.45) is 0. The average molecular weight is 230 g/mol. The Balaban J connectivity index is 0.00000196. The Morgan fingerprint density at radius 3 is 2.40 bits per heavy atom. The van der Waals surface area contributed by atoms with Gasteiger partial charge in [-0.05, 0) is 18.2 Å². The minimum atomic E-state index is -0.123. The number of benzene rings is 1. The van der Waals surface area contributed by atoms with Crippen LogP contribution in [0.4, 0.5) is 11.4 Å². The van der Waals surface area contributed by atoms with Crippen molar-refractivity contribution >= 4 is 29.7 Å². The minimum absolute atomic E-state index is 0. The fourth-order valence-electron chi connectivity index (χ4n) is 1.25. The van der Waals surface area contributed by atoms with Crippen molar-refractivity contribution in [2.24, 2.45) is 0 Å². The maximum absolute atomic E-state index is 11.3. The van der Waals surface area contributed by atoms with Gasteiger partial charge >= 0.3 is 0 Å². The molecule has 1 aromatic carbocycles. The fraction of sp³-hybridized carbons (Fsp3) is 0.300. The maximum atomic E-state index is 11.3. The predicted molar refractivity (Wildman–Crippen MR) is 65.8 cm³/mol. The quantitative estimate of drug-likeness (QED) is 0.748. The van der Waals surface area contributed by atoms with Gasteiger partial charge in [0.25, 0.3) is 5.91 Å². The van der Waals surface area contributed by atoms with Gasteiger partial charge in [0.1, 0.15) is 0 Å². The maximum Gasteiger partial charge on any atom is 0.251 e. The van der Waals surface area contributed by atoms with Crippen LogP contribution in [0.3, 0.4) is 0 Å². The molecule has 1 aromatic rings. The van der Waals surface area contributed by atoms with Crippen molar-refractivity contribution in [1.82, 2.24) is 5.32 Å². The van der Waals surface area contributed by atoms with Crippen LogP contribution >= 0.6 is 12.4 Å². The summed E-state index contributed by atoms with van der Waals surface area (Å²) < 4.78 is 0. The molecule has 0 unspecified atom stereocenters. The van der Waals surface area contributed by atoms with E-state index in [2.05, 4.69) is 5.32 Å². The predicted octanol–water partition coefficient (Wildman–Crippen LogP) is 1.12. The summed E-state index contributed by atoms with van der Waals surface area (Å²) in [5.74, 6) is -0.123. The summed E-state index contributed by atoms with van der Waals surface area (Å²) in [4.78, 5) is 13.2. The molecule has 1 amide bonds. The highest BCUT2D eigenvalue weighted by Crippen LogP contribution is 2.21. The van der Waals surface area contributed by atoms with E-state index in [-0.39, 0.29) is 18.3 Å². The molecule has 0 atom stereocenters. The van der Waals surface area contributed by atoms with E-state index in [1.165, 1.54) is 0 Å². The van der Waals surface area contributed by atoms with Crippen molar-refractivity contribution in [1.29, 1.82) is 0 Å². The Labute approximate surface area is 95.9 Å². The van der Waals surface area contributed by atoms with Crippen molar-refractivity contribution in [3.8, 4) is 0 Å². The Morgan fingerprint density at radius 2 is 2.00 bits per heavy atom. The van der Waals surface area contributed by atoms with E-state index < -0.39 is 0 Å². The Morgan fingerprint density at radius 1 is 1.40 bits per heavy atom. The van der Waals surface area contributed by atoms with Gasteiger partial charge in [-0.15, -0.1) is 12.4 Å². The molecule has 0 aliphatic rings. The van der Waals surface area contributed by atoms with Gasteiger partial charge in [0.2, 0.25) is 0 Å². The molecule has 84 valence electrons. The number of carbonyl (C=O) groups excluding carboxylic acids is 1. The van der Waals surface area contributed by atoms with Crippen molar-refractivity contribution < 1.29 is 4.79 Å². The fourth-order valence-corrected chi connectivity index (χ4v) is 1.25. The molecule has 0 heterocycles. The number of rotatable bonds is 2. The summed E-state index contributed by atoms with van der Waals surface area (Å²) in [7, 11) is 5.41. The highest BCUT2D eigenvalue weighted by atomic mass is 35.5. The smallest absolute Gasteiger partial charge is 0.251 e. The highest BCUT2D eigenvalue weighted by Gasteiger charge is 2.06. The lowest BCUT2D eigenvalue weighted by atomic mass is 10.1. The molecule has 0 fully saturated rings. The second-order valence-corrected chi connectivity index (χ2v) is 3.25. The van der Waals surface area contributed by atoms with Crippen molar-refractivity contribution in [3.63, 3.8) is 0 Å². The number of nitrogen functional groups attached to an aromatic ring is 1. The standard InChI is InChI=1S/C10H15N3O.ClH/c1-12-10(14)7-4-5-9(13(2)3)8(11)6-7;/h4-6H,11H2,1-3H3,(H,12,14);1H. The Hall–Kier alpha value is -1.42. The largest absolute Gasteiger partial charge is 0.397 e. The molecule has 0 aromatic heterocycles. The summed E-state index contributed by atoms with van der Waals surface area (Å²) in [6.45, 7) is 0. The normalized spacial score (nSPS) is 9.00. The lowest BCUT2D eigenvalue weighted by Gasteiger charge is -2.15. The van der Waals surface area contributed by atoms with Crippen LogP contribution in [0.15, 0.2) is 18.2 Å². The molecule has 0 aliphatic carbocycles. The molecule has 15 heavy (non-hydrogen) atoms. The lowest BCUT2D eigenvalue weighted by Crippen LogP contribution is -2.18. The van der Waals surface area contributed by atoms with Gasteiger partial charge in [0.05, 0.1) is 11.4 Å². The second-order valence-electron chi connectivity index (χ2n) is 3.25. The third-order valence-electron chi connectivity index (χ3n) is 2.00. The Bertz CT molecular complexity index is 353. The third kappa shape index (κ3) is 3.02. The first-order chi connectivity index (χ1) is 6.56. The molecule has 1 rings (SSSR count). The molecule has 0 saturated carbocycles. The van der Waals surface area contributed by atoms with Gasteiger partial charge < -0.3 is 16.0 Å². The number of nitrogens with one attached hydrogen (secondary N) is 1. The SMILES string of the molecule is CNC(=O)c1ccc(N(C)C)c(N)c1.Cl. The van der Waals surface area contributed by atoms with E-state index in [4.69, 9.17) is 5.73 Å². The first-order valence-corrected chi connectivity index (χ1v) is 4.35. The van der Waals surface area contributed by atoms with Crippen LogP contribution in [0, 0.1) is 0 Å². The number of hydrogen-bond donors (Lipinski definition) is 2. The zero-order valence-electron chi connectivity index (χ0n) is 9.07. The lowest BCUT2D eigenvalue weighted by molar-refractivity contribution is 0.0963. The molecule has 0 saturated heterocycles. The first-order valence-electron chi connectivity index (χ1n) is 4.35. The molecule has 0 aliphatic heterocycles. The summed E-state index contributed by atoms with van der Waals surface area (Å²) in [6, 6.07) is 5.26. The summed E-state index contributed by atoms with van der Waals surface area (Å²) in [5.41, 5.74) is 7.89. The van der Waals surface area contributed by atoms with Crippen LogP contribution in [0.1, 0.15) is 10.4 Å². The topological polar surface area (TPSA) is 58.4 Å². The van der Waals surface area contributed by atoms with Gasteiger partial charge in [-0.1, -0.05) is 0 Å². The highest BCUT2D eigenvalue weighted by molar-refractivity contribution is 5.95. The van der Waals surface area contributed by atoms with Gasteiger partial charge in [-0.3, -0.25) is 4.79 Å². The molecule has 3 N–H and O–H groups in total. The van der Waals surface area contributed by atoms with E-state index in [0.717, 1.165) is 5.69 Å². The first kappa shape index (κ1) is 13.6. The summed E-state index contributed by atoms with van der Waals surface area (Å²) >= 11 is 0.